The Morgan fingerprint density at radius 3 is 2.79 bits per heavy atom. The van der Waals surface area contributed by atoms with Gasteiger partial charge in [-0.05, 0) is 18.2 Å². The first-order valence-corrected chi connectivity index (χ1v) is 5.54. The van der Waals surface area contributed by atoms with E-state index in [1.807, 2.05) is 6.07 Å². The molecule has 1 aromatic heterocycles. The van der Waals surface area contributed by atoms with E-state index in [9.17, 15) is 4.39 Å². The Bertz CT molecular complexity index is 607. The monoisotopic (exact) mass is 258 g/mol. The maximum Gasteiger partial charge on any atom is 0.166 e. The lowest BCUT2D eigenvalue weighted by Gasteiger charge is -2.07. The maximum absolute atomic E-state index is 13.5. The Hall–Kier alpha value is -2.68. The molecule has 0 saturated heterocycles. The third-order valence-corrected chi connectivity index (χ3v) is 2.40. The molecule has 0 saturated carbocycles. The lowest BCUT2D eigenvalue weighted by Crippen LogP contribution is -2.02. The highest BCUT2D eigenvalue weighted by atomic mass is 19.1. The van der Waals surface area contributed by atoms with Crippen molar-refractivity contribution in [2.75, 3.05) is 12.4 Å². The molecule has 5 nitrogen and oxygen atoms in total. The first-order valence-electron chi connectivity index (χ1n) is 5.54. The molecule has 0 atom stereocenters. The van der Waals surface area contributed by atoms with Gasteiger partial charge in [-0.3, -0.25) is 4.98 Å². The number of benzene rings is 1. The molecule has 2 aromatic rings. The van der Waals surface area contributed by atoms with Crippen LogP contribution < -0.4 is 10.1 Å². The van der Waals surface area contributed by atoms with Gasteiger partial charge in [0, 0.05) is 7.05 Å². The third-order valence-electron chi connectivity index (χ3n) is 2.40. The van der Waals surface area contributed by atoms with Crippen molar-refractivity contribution in [3.8, 4) is 11.8 Å². The van der Waals surface area contributed by atoms with Gasteiger partial charge in [-0.2, -0.15) is 5.26 Å². The fourth-order valence-corrected chi connectivity index (χ4v) is 1.40. The van der Waals surface area contributed by atoms with Crippen LogP contribution in [0.25, 0.3) is 0 Å². The minimum absolute atomic E-state index is 0.0819. The summed E-state index contributed by atoms with van der Waals surface area (Å²) < 4.78 is 18.8. The number of hydrogen-bond donors (Lipinski definition) is 1. The van der Waals surface area contributed by atoms with Gasteiger partial charge in [-0.1, -0.05) is 0 Å². The van der Waals surface area contributed by atoms with Crippen molar-refractivity contribution in [3.05, 3.63) is 47.7 Å². The quantitative estimate of drug-likeness (QED) is 0.909. The highest BCUT2D eigenvalue weighted by Crippen LogP contribution is 2.19. The Morgan fingerprint density at radius 2 is 2.21 bits per heavy atom. The average Bonchev–Trinajstić information content (AvgIpc) is 2.46. The van der Waals surface area contributed by atoms with E-state index in [1.54, 1.807) is 19.4 Å². The van der Waals surface area contributed by atoms with Gasteiger partial charge in [-0.15, -0.1) is 0 Å². The van der Waals surface area contributed by atoms with E-state index in [1.165, 1.54) is 12.1 Å². The molecule has 0 radical (unpaired) electrons. The van der Waals surface area contributed by atoms with Crippen molar-refractivity contribution in [3.63, 3.8) is 0 Å². The van der Waals surface area contributed by atoms with E-state index in [0.29, 0.717) is 11.5 Å². The summed E-state index contributed by atoms with van der Waals surface area (Å²) in [6, 6.07) is 5.90. The minimum Gasteiger partial charge on any atom is -0.484 e. The Kier molecular flexibility index (Phi) is 3.88. The van der Waals surface area contributed by atoms with E-state index in [4.69, 9.17) is 10.00 Å². The molecule has 0 fully saturated rings. The summed E-state index contributed by atoms with van der Waals surface area (Å²) in [6.07, 6.45) is 3.11. The Morgan fingerprint density at radius 1 is 1.37 bits per heavy atom. The van der Waals surface area contributed by atoms with Crippen LogP contribution in [0.4, 0.5) is 10.2 Å². The Labute approximate surface area is 109 Å². The molecule has 0 aliphatic rings. The smallest absolute Gasteiger partial charge is 0.166 e. The van der Waals surface area contributed by atoms with Crippen LogP contribution >= 0.6 is 0 Å². The number of nitrogens with one attached hydrogen (secondary N) is 1. The van der Waals surface area contributed by atoms with Gasteiger partial charge < -0.3 is 10.1 Å². The van der Waals surface area contributed by atoms with Crippen LogP contribution in [0.15, 0.2) is 30.6 Å². The standard InChI is InChI=1S/C13H11FN4O/c1-16-13-7-17-10(6-18-13)8-19-12-3-2-9(5-15)4-11(12)14/h2-4,6-7H,8H2,1H3,(H,16,18). The molecule has 6 heteroatoms. The molecule has 0 bridgehead atoms. The maximum atomic E-state index is 13.5. The molecule has 96 valence electrons. The third kappa shape index (κ3) is 3.16. The molecule has 0 aliphatic heterocycles. The predicted octanol–water partition coefficient (Wildman–Crippen LogP) is 2.11. The normalized spacial score (nSPS) is 9.74. The van der Waals surface area contributed by atoms with Gasteiger partial charge >= 0.3 is 0 Å². The van der Waals surface area contributed by atoms with Crippen LogP contribution in [0.3, 0.4) is 0 Å². The number of nitriles is 1. The van der Waals surface area contributed by atoms with Gasteiger partial charge in [0.05, 0.1) is 29.7 Å². The molecule has 1 aromatic carbocycles. The minimum atomic E-state index is -0.571. The van der Waals surface area contributed by atoms with Gasteiger partial charge in [0.25, 0.3) is 0 Å². The van der Waals surface area contributed by atoms with Crippen molar-refractivity contribution < 1.29 is 9.13 Å². The van der Waals surface area contributed by atoms with Crippen LogP contribution in [-0.4, -0.2) is 17.0 Å². The summed E-state index contributed by atoms with van der Waals surface area (Å²) in [5.74, 6) is 0.158. The van der Waals surface area contributed by atoms with Crippen molar-refractivity contribution in [2.45, 2.75) is 6.61 Å². The summed E-state index contributed by atoms with van der Waals surface area (Å²) in [6.45, 7) is 0.111. The number of halogens is 1. The molecule has 19 heavy (non-hydrogen) atoms. The number of anilines is 1. The van der Waals surface area contributed by atoms with Crippen molar-refractivity contribution in [1.29, 1.82) is 5.26 Å². The Balaban J connectivity index is 2.04. The lowest BCUT2D eigenvalue weighted by molar-refractivity contribution is 0.285. The first kappa shape index (κ1) is 12.8. The van der Waals surface area contributed by atoms with Crippen molar-refractivity contribution >= 4 is 5.82 Å². The van der Waals surface area contributed by atoms with Crippen LogP contribution in [0.1, 0.15) is 11.3 Å². The fourth-order valence-electron chi connectivity index (χ4n) is 1.40. The number of ether oxygens (including phenoxy) is 1. The molecule has 1 N–H and O–H groups in total. The number of nitrogens with zero attached hydrogens (tertiary/aromatic N) is 3. The summed E-state index contributed by atoms with van der Waals surface area (Å²) >= 11 is 0. The van der Waals surface area contributed by atoms with Crippen LogP contribution in [0, 0.1) is 17.1 Å². The van der Waals surface area contributed by atoms with Gasteiger partial charge in [0.15, 0.2) is 11.6 Å². The SMILES string of the molecule is CNc1cnc(COc2ccc(C#N)cc2F)cn1. The van der Waals surface area contributed by atoms with Gasteiger partial charge in [0.1, 0.15) is 12.4 Å². The van der Waals surface area contributed by atoms with Crippen LogP contribution in [0.2, 0.25) is 0 Å². The highest BCUT2D eigenvalue weighted by Gasteiger charge is 2.05. The first-order chi connectivity index (χ1) is 9.22. The summed E-state index contributed by atoms with van der Waals surface area (Å²) in [5, 5.41) is 11.5. The van der Waals surface area contributed by atoms with E-state index in [2.05, 4.69) is 15.3 Å². The summed E-state index contributed by atoms with van der Waals surface area (Å²) in [7, 11) is 1.74. The van der Waals surface area contributed by atoms with E-state index in [-0.39, 0.29) is 17.9 Å². The second-order valence-electron chi connectivity index (χ2n) is 3.69. The number of hydrogen-bond acceptors (Lipinski definition) is 5. The second-order valence-corrected chi connectivity index (χ2v) is 3.69. The number of aromatic nitrogens is 2. The largest absolute Gasteiger partial charge is 0.484 e. The molecular formula is C13H11FN4O. The average molecular weight is 258 g/mol. The molecule has 0 unspecified atom stereocenters. The lowest BCUT2D eigenvalue weighted by atomic mass is 10.2. The highest BCUT2D eigenvalue weighted by molar-refractivity contribution is 5.36. The summed E-state index contributed by atoms with van der Waals surface area (Å²) in [4.78, 5) is 8.17. The fraction of sp³-hybridized carbons (Fsp3) is 0.154. The number of rotatable bonds is 4. The summed E-state index contributed by atoms with van der Waals surface area (Å²) in [5.41, 5.74) is 0.839. The zero-order valence-electron chi connectivity index (χ0n) is 10.2. The van der Waals surface area contributed by atoms with E-state index < -0.39 is 5.82 Å². The molecule has 0 amide bonds. The van der Waals surface area contributed by atoms with E-state index >= 15 is 0 Å². The zero-order valence-corrected chi connectivity index (χ0v) is 10.2. The molecule has 0 aliphatic carbocycles. The van der Waals surface area contributed by atoms with Gasteiger partial charge in [-0.25, -0.2) is 9.37 Å². The predicted molar refractivity (Wildman–Crippen MR) is 67.0 cm³/mol. The van der Waals surface area contributed by atoms with Crippen LogP contribution in [-0.2, 0) is 6.61 Å². The van der Waals surface area contributed by atoms with Crippen LogP contribution in [0.5, 0.6) is 5.75 Å². The topological polar surface area (TPSA) is 70.8 Å². The zero-order chi connectivity index (χ0) is 13.7. The second kappa shape index (κ2) is 5.78. The molecular weight excluding hydrogens is 247 g/mol. The van der Waals surface area contributed by atoms with E-state index in [0.717, 1.165) is 6.07 Å². The molecule has 2 rings (SSSR count). The van der Waals surface area contributed by atoms with Crippen molar-refractivity contribution in [1.82, 2.24) is 9.97 Å². The molecule has 0 spiro atoms. The van der Waals surface area contributed by atoms with Gasteiger partial charge in [0.2, 0.25) is 0 Å². The van der Waals surface area contributed by atoms with Crippen molar-refractivity contribution in [2.24, 2.45) is 0 Å². The molecule has 1 heterocycles.